The van der Waals surface area contributed by atoms with Gasteiger partial charge in [0, 0.05) is 19.3 Å². The van der Waals surface area contributed by atoms with Crippen LogP contribution in [0, 0.1) is 0 Å². The standard InChI is InChI=1S/C12H16ClNO2/c1-3-9-4-6-10(7-5-9)14(2)8-11(13)12(15)16/h4-7,11H,3,8H2,1-2H3,(H,15,16). The van der Waals surface area contributed by atoms with Crippen LogP contribution >= 0.6 is 11.6 Å². The van der Waals surface area contributed by atoms with E-state index in [1.807, 2.05) is 36.2 Å². The van der Waals surface area contributed by atoms with Crippen LogP contribution in [-0.4, -0.2) is 30.0 Å². The number of benzene rings is 1. The Bertz CT molecular complexity index is 351. The third kappa shape index (κ3) is 3.42. The summed E-state index contributed by atoms with van der Waals surface area (Å²) in [6.45, 7) is 2.39. The van der Waals surface area contributed by atoms with E-state index in [2.05, 4.69) is 6.92 Å². The highest BCUT2D eigenvalue weighted by Gasteiger charge is 2.16. The molecule has 1 aromatic carbocycles. The van der Waals surface area contributed by atoms with Crippen molar-refractivity contribution in [1.29, 1.82) is 0 Å². The lowest BCUT2D eigenvalue weighted by Gasteiger charge is -2.20. The summed E-state index contributed by atoms with van der Waals surface area (Å²) >= 11 is 5.68. The summed E-state index contributed by atoms with van der Waals surface area (Å²) in [5, 5.41) is 7.82. The molecule has 1 N–H and O–H groups in total. The molecule has 88 valence electrons. The van der Waals surface area contributed by atoms with Crippen LogP contribution in [0.3, 0.4) is 0 Å². The van der Waals surface area contributed by atoms with Gasteiger partial charge in [-0.1, -0.05) is 19.1 Å². The lowest BCUT2D eigenvalue weighted by atomic mass is 10.1. The maximum Gasteiger partial charge on any atom is 0.323 e. The number of hydrogen-bond donors (Lipinski definition) is 1. The molecule has 1 unspecified atom stereocenters. The van der Waals surface area contributed by atoms with Gasteiger partial charge >= 0.3 is 5.97 Å². The SMILES string of the molecule is CCc1ccc(N(C)CC(Cl)C(=O)O)cc1. The molecule has 1 aromatic rings. The van der Waals surface area contributed by atoms with E-state index < -0.39 is 11.3 Å². The Morgan fingerprint density at radius 2 is 2.00 bits per heavy atom. The van der Waals surface area contributed by atoms with Gasteiger partial charge in [-0.15, -0.1) is 11.6 Å². The summed E-state index contributed by atoms with van der Waals surface area (Å²) in [5.74, 6) is -0.987. The molecule has 1 rings (SSSR count). The average molecular weight is 242 g/mol. The lowest BCUT2D eigenvalue weighted by Crippen LogP contribution is -2.30. The zero-order valence-corrected chi connectivity index (χ0v) is 10.2. The van der Waals surface area contributed by atoms with Crippen molar-refractivity contribution in [3.8, 4) is 0 Å². The Balaban J connectivity index is 2.65. The first kappa shape index (κ1) is 12.8. The Labute approximate surface area is 101 Å². The van der Waals surface area contributed by atoms with E-state index in [1.165, 1.54) is 5.56 Å². The number of hydrogen-bond acceptors (Lipinski definition) is 2. The van der Waals surface area contributed by atoms with Crippen LogP contribution in [0.25, 0.3) is 0 Å². The maximum atomic E-state index is 10.6. The third-order valence-corrected chi connectivity index (χ3v) is 2.81. The average Bonchev–Trinajstić information content (AvgIpc) is 2.28. The van der Waals surface area contributed by atoms with Crippen molar-refractivity contribution >= 4 is 23.3 Å². The highest BCUT2D eigenvalue weighted by molar-refractivity contribution is 6.30. The molecule has 1 atom stereocenters. The number of rotatable bonds is 5. The Kier molecular flexibility index (Phi) is 4.62. The zero-order valence-electron chi connectivity index (χ0n) is 9.48. The molecule has 4 heteroatoms. The third-order valence-electron chi connectivity index (χ3n) is 2.49. The normalized spacial score (nSPS) is 12.2. The monoisotopic (exact) mass is 241 g/mol. The molecule has 0 bridgehead atoms. The molecule has 0 fully saturated rings. The fourth-order valence-corrected chi connectivity index (χ4v) is 1.62. The number of halogens is 1. The van der Waals surface area contributed by atoms with Gasteiger partial charge in [0.25, 0.3) is 0 Å². The lowest BCUT2D eigenvalue weighted by molar-refractivity contribution is -0.136. The molecule has 0 amide bonds. The van der Waals surface area contributed by atoms with Gasteiger partial charge in [0.1, 0.15) is 5.38 Å². The number of aliphatic carboxylic acids is 1. The number of carboxylic acids is 1. The summed E-state index contributed by atoms with van der Waals surface area (Å²) in [5.41, 5.74) is 2.24. The van der Waals surface area contributed by atoms with Crippen molar-refractivity contribution in [3.05, 3.63) is 29.8 Å². The minimum Gasteiger partial charge on any atom is -0.480 e. The molecule has 0 aliphatic carbocycles. The molecule has 0 aliphatic heterocycles. The quantitative estimate of drug-likeness (QED) is 0.805. The summed E-state index contributed by atoms with van der Waals surface area (Å²) in [6.07, 6.45) is 0.997. The van der Waals surface area contributed by atoms with Crippen LogP contribution in [0.1, 0.15) is 12.5 Å². The van der Waals surface area contributed by atoms with Crippen molar-refractivity contribution in [2.75, 3.05) is 18.5 Å². The van der Waals surface area contributed by atoms with Gasteiger partial charge < -0.3 is 10.0 Å². The number of carbonyl (C=O) groups is 1. The molecule has 16 heavy (non-hydrogen) atoms. The molecule has 0 heterocycles. The van der Waals surface area contributed by atoms with E-state index in [9.17, 15) is 4.79 Å². The van der Waals surface area contributed by atoms with Gasteiger partial charge in [-0.2, -0.15) is 0 Å². The number of anilines is 1. The number of alkyl halides is 1. The van der Waals surface area contributed by atoms with Crippen molar-refractivity contribution in [2.45, 2.75) is 18.7 Å². The summed E-state index contributed by atoms with van der Waals surface area (Å²) in [7, 11) is 1.83. The van der Waals surface area contributed by atoms with Crippen LogP contribution in [0.4, 0.5) is 5.69 Å². The first-order valence-electron chi connectivity index (χ1n) is 5.21. The number of nitrogens with zero attached hydrogens (tertiary/aromatic N) is 1. The largest absolute Gasteiger partial charge is 0.480 e. The minimum absolute atomic E-state index is 0.294. The second kappa shape index (κ2) is 5.75. The topological polar surface area (TPSA) is 40.5 Å². The maximum absolute atomic E-state index is 10.6. The van der Waals surface area contributed by atoms with Crippen LogP contribution in [0.2, 0.25) is 0 Å². The summed E-state index contributed by atoms with van der Waals surface area (Å²) in [6, 6.07) is 8.03. The molecule has 0 saturated carbocycles. The molecular formula is C12H16ClNO2. The predicted octanol–water partition coefficient (Wildman–Crippen LogP) is 2.38. The van der Waals surface area contributed by atoms with E-state index in [4.69, 9.17) is 16.7 Å². The second-order valence-electron chi connectivity index (χ2n) is 3.71. The molecule has 0 radical (unpaired) electrons. The summed E-state index contributed by atoms with van der Waals surface area (Å²) < 4.78 is 0. The highest BCUT2D eigenvalue weighted by Crippen LogP contribution is 2.15. The van der Waals surface area contributed by atoms with Crippen molar-refractivity contribution in [2.24, 2.45) is 0 Å². The van der Waals surface area contributed by atoms with Crippen LogP contribution < -0.4 is 4.90 Å². The minimum atomic E-state index is -0.987. The number of carboxylic acid groups (broad SMARTS) is 1. The van der Waals surface area contributed by atoms with E-state index >= 15 is 0 Å². The molecule has 0 aliphatic rings. The van der Waals surface area contributed by atoms with Gasteiger partial charge in [-0.05, 0) is 24.1 Å². The Hall–Kier alpha value is -1.22. The van der Waals surface area contributed by atoms with Crippen molar-refractivity contribution in [3.63, 3.8) is 0 Å². The van der Waals surface area contributed by atoms with Gasteiger partial charge in [0.05, 0.1) is 0 Å². The van der Waals surface area contributed by atoms with Crippen LogP contribution in [0.15, 0.2) is 24.3 Å². The van der Waals surface area contributed by atoms with Crippen molar-refractivity contribution in [1.82, 2.24) is 0 Å². The Morgan fingerprint density at radius 3 is 2.44 bits per heavy atom. The van der Waals surface area contributed by atoms with E-state index in [1.54, 1.807) is 0 Å². The molecule has 0 aromatic heterocycles. The molecule has 0 spiro atoms. The van der Waals surface area contributed by atoms with Gasteiger partial charge in [-0.3, -0.25) is 4.79 Å². The summed E-state index contributed by atoms with van der Waals surface area (Å²) in [4.78, 5) is 12.4. The van der Waals surface area contributed by atoms with E-state index in [0.717, 1.165) is 12.1 Å². The fraction of sp³-hybridized carbons (Fsp3) is 0.417. The van der Waals surface area contributed by atoms with E-state index in [-0.39, 0.29) is 0 Å². The van der Waals surface area contributed by atoms with Crippen molar-refractivity contribution < 1.29 is 9.90 Å². The molecule has 3 nitrogen and oxygen atoms in total. The predicted molar refractivity (Wildman–Crippen MR) is 66.4 cm³/mol. The molecular weight excluding hydrogens is 226 g/mol. The van der Waals surface area contributed by atoms with Gasteiger partial charge in [0.2, 0.25) is 0 Å². The van der Waals surface area contributed by atoms with Crippen LogP contribution in [-0.2, 0) is 11.2 Å². The number of aryl methyl sites for hydroxylation is 1. The van der Waals surface area contributed by atoms with Gasteiger partial charge in [0.15, 0.2) is 0 Å². The first-order valence-corrected chi connectivity index (χ1v) is 5.65. The van der Waals surface area contributed by atoms with E-state index in [0.29, 0.717) is 6.54 Å². The Morgan fingerprint density at radius 1 is 1.44 bits per heavy atom. The molecule has 0 saturated heterocycles. The van der Waals surface area contributed by atoms with Gasteiger partial charge in [-0.25, -0.2) is 0 Å². The second-order valence-corrected chi connectivity index (χ2v) is 4.23. The highest BCUT2D eigenvalue weighted by atomic mass is 35.5. The van der Waals surface area contributed by atoms with Crippen LogP contribution in [0.5, 0.6) is 0 Å². The zero-order chi connectivity index (χ0) is 12.1. The fourth-order valence-electron chi connectivity index (χ4n) is 1.41. The first-order chi connectivity index (χ1) is 7.54. The smallest absolute Gasteiger partial charge is 0.323 e.